The molecule has 0 radical (unpaired) electrons. The van der Waals surface area contributed by atoms with Gasteiger partial charge in [-0.2, -0.15) is 0 Å². The molecule has 0 bridgehead atoms. The summed E-state index contributed by atoms with van der Waals surface area (Å²) in [5.74, 6) is -0.168. The molecule has 2 rings (SSSR count). The van der Waals surface area contributed by atoms with E-state index >= 15 is 0 Å². The fourth-order valence-electron chi connectivity index (χ4n) is 1.59. The second-order valence-corrected chi connectivity index (χ2v) is 3.88. The molecule has 2 aromatic rings. The highest BCUT2D eigenvalue weighted by molar-refractivity contribution is 5.89. The number of nitrogens with zero attached hydrogens (tertiary/aromatic N) is 1. The van der Waals surface area contributed by atoms with Crippen LogP contribution in [0.2, 0.25) is 0 Å². The van der Waals surface area contributed by atoms with Gasteiger partial charge in [0.2, 0.25) is 0 Å². The lowest BCUT2D eigenvalue weighted by Gasteiger charge is -2.00. The second-order valence-electron chi connectivity index (χ2n) is 3.88. The van der Waals surface area contributed by atoms with Crippen LogP contribution in [0.25, 0.3) is 6.08 Å². The molecule has 0 saturated carbocycles. The summed E-state index contributed by atoms with van der Waals surface area (Å²) in [6, 6.07) is 14.8. The van der Waals surface area contributed by atoms with Gasteiger partial charge in [0.1, 0.15) is 5.75 Å². The normalized spacial score (nSPS) is 10.4. The lowest BCUT2D eigenvalue weighted by atomic mass is 10.1. The highest BCUT2D eigenvalue weighted by Gasteiger charge is 2.10. The number of ether oxygens (including phenoxy) is 1. The van der Waals surface area contributed by atoms with Crippen molar-refractivity contribution in [3.05, 3.63) is 76.4 Å². The van der Waals surface area contributed by atoms with Crippen molar-refractivity contribution in [1.29, 1.82) is 0 Å². The Morgan fingerprint density at radius 1 is 1.05 bits per heavy atom. The molecule has 0 saturated heterocycles. The third kappa shape index (κ3) is 3.52. The number of para-hydroxylation sites is 2. The number of carbonyl (C=O) groups is 1. The molecule has 0 aromatic heterocycles. The molecule has 100 valence electrons. The van der Waals surface area contributed by atoms with Crippen LogP contribution in [0.3, 0.4) is 0 Å². The van der Waals surface area contributed by atoms with Crippen LogP contribution in [-0.2, 0) is 4.79 Å². The molecule has 5 nitrogen and oxygen atoms in total. The number of esters is 1. The molecule has 0 amide bonds. The largest absolute Gasteiger partial charge is 0.423 e. The van der Waals surface area contributed by atoms with Crippen LogP contribution in [0.4, 0.5) is 5.69 Å². The first-order chi connectivity index (χ1) is 9.66. The SMILES string of the molecule is O=C(C=Cc1ccccc1[N+](=O)[O-])Oc1ccccc1. The molecule has 20 heavy (non-hydrogen) atoms. The van der Waals surface area contributed by atoms with Gasteiger partial charge in [-0.1, -0.05) is 30.3 Å². The molecule has 0 aliphatic rings. The first-order valence-electron chi connectivity index (χ1n) is 5.85. The van der Waals surface area contributed by atoms with Crippen molar-refractivity contribution in [3.63, 3.8) is 0 Å². The standard InChI is InChI=1S/C15H11NO4/c17-15(20-13-7-2-1-3-8-13)11-10-12-6-4-5-9-14(12)16(18)19/h1-11H. The van der Waals surface area contributed by atoms with Gasteiger partial charge in [-0.15, -0.1) is 0 Å². The number of nitro groups is 1. The van der Waals surface area contributed by atoms with E-state index in [4.69, 9.17) is 4.74 Å². The minimum Gasteiger partial charge on any atom is -0.423 e. The number of hydrogen-bond donors (Lipinski definition) is 0. The van der Waals surface area contributed by atoms with Crippen LogP contribution in [-0.4, -0.2) is 10.9 Å². The molecule has 2 aromatic carbocycles. The van der Waals surface area contributed by atoms with Crippen LogP contribution >= 0.6 is 0 Å². The van der Waals surface area contributed by atoms with Gasteiger partial charge in [0.25, 0.3) is 5.69 Å². The predicted molar refractivity (Wildman–Crippen MR) is 74.2 cm³/mol. The third-order valence-corrected chi connectivity index (χ3v) is 2.49. The van der Waals surface area contributed by atoms with Gasteiger partial charge in [0.05, 0.1) is 10.5 Å². The van der Waals surface area contributed by atoms with Crippen molar-refractivity contribution in [3.8, 4) is 5.75 Å². The Kier molecular flexibility index (Phi) is 4.24. The van der Waals surface area contributed by atoms with Gasteiger partial charge in [-0.05, 0) is 24.3 Å². The Balaban J connectivity index is 2.10. The summed E-state index contributed by atoms with van der Waals surface area (Å²) in [6.07, 6.45) is 2.53. The van der Waals surface area contributed by atoms with Crippen molar-refractivity contribution in [1.82, 2.24) is 0 Å². The molecular formula is C15H11NO4. The molecule has 0 fully saturated rings. The molecule has 0 aliphatic carbocycles. The number of rotatable bonds is 4. The Morgan fingerprint density at radius 2 is 1.70 bits per heavy atom. The van der Waals surface area contributed by atoms with E-state index in [1.807, 2.05) is 0 Å². The highest BCUT2D eigenvalue weighted by atomic mass is 16.6. The van der Waals surface area contributed by atoms with Gasteiger partial charge in [-0.25, -0.2) is 4.79 Å². The minimum absolute atomic E-state index is 0.0590. The predicted octanol–water partition coefficient (Wildman–Crippen LogP) is 3.21. The van der Waals surface area contributed by atoms with Crippen LogP contribution in [0, 0.1) is 10.1 Å². The van der Waals surface area contributed by atoms with Gasteiger partial charge in [-0.3, -0.25) is 10.1 Å². The van der Waals surface area contributed by atoms with Gasteiger partial charge in [0.15, 0.2) is 0 Å². The maximum Gasteiger partial charge on any atom is 0.336 e. The quantitative estimate of drug-likeness (QED) is 0.281. The zero-order valence-corrected chi connectivity index (χ0v) is 10.4. The molecule has 0 atom stereocenters. The summed E-state index contributed by atoms with van der Waals surface area (Å²) in [7, 11) is 0. The number of carbonyl (C=O) groups excluding carboxylic acids is 1. The molecule has 0 N–H and O–H groups in total. The third-order valence-electron chi connectivity index (χ3n) is 2.49. The summed E-state index contributed by atoms with van der Waals surface area (Å²) < 4.78 is 5.04. The van der Waals surface area contributed by atoms with Gasteiger partial charge in [0, 0.05) is 12.1 Å². The van der Waals surface area contributed by atoms with Crippen LogP contribution in [0.5, 0.6) is 5.75 Å². The van der Waals surface area contributed by atoms with Crippen LogP contribution < -0.4 is 4.74 Å². The van der Waals surface area contributed by atoms with Gasteiger partial charge >= 0.3 is 5.97 Å². The second kappa shape index (κ2) is 6.29. The minimum atomic E-state index is -0.589. The van der Waals surface area contributed by atoms with Crippen molar-refractivity contribution in [2.75, 3.05) is 0 Å². The topological polar surface area (TPSA) is 69.4 Å². The van der Waals surface area contributed by atoms with E-state index in [-0.39, 0.29) is 5.69 Å². The summed E-state index contributed by atoms with van der Waals surface area (Å²) in [5, 5.41) is 10.8. The van der Waals surface area contributed by atoms with Gasteiger partial charge < -0.3 is 4.74 Å². The molecular weight excluding hydrogens is 258 g/mol. The van der Waals surface area contributed by atoms with Crippen molar-refractivity contribution >= 4 is 17.7 Å². The van der Waals surface area contributed by atoms with E-state index < -0.39 is 10.9 Å². The molecule has 0 aliphatic heterocycles. The van der Waals surface area contributed by atoms with E-state index in [1.54, 1.807) is 48.5 Å². The number of benzene rings is 2. The fraction of sp³-hybridized carbons (Fsp3) is 0. The number of nitro benzene ring substituents is 1. The zero-order chi connectivity index (χ0) is 14.4. The zero-order valence-electron chi connectivity index (χ0n) is 10.4. The lowest BCUT2D eigenvalue weighted by Crippen LogP contribution is -2.03. The average Bonchev–Trinajstić information content (AvgIpc) is 2.46. The Labute approximate surface area is 115 Å². The van der Waals surface area contributed by atoms with Crippen molar-refractivity contribution in [2.24, 2.45) is 0 Å². The van der Waals surface area contributed by atoms with Crippen LogP contribution in [0.15, 0.2) is 60.7 Å². The summed E-state index contributed by atoms with van der Waals surface area (Å²) in [4.78, 5) is 21.9. The van der Waals surface area contributed by atoms with Crippen LogP contribution in [0.1, 0.15) is 5.56 Å². The Hall–Kier alpha value is -2.95. The number of hydrogen-bond acceptors (Lipinski definition) is 4. The summed E-state index contributed by atoms with van der Waals surface area (Å²) >= 11 is 0. The monoisotopic (exact) mass is 269 g/mol. The highest BCUT2D eigenvalue weighted by Crippen LogP contribution is 2.19. The van der Waals surface area contributed by atoms with Crippen molar-refractivity contribution < 1.29 is 14.5 Å². The molecule has 0 heterocycles. The summed E-state index contributed by atoms with van der Waals surface area (Å²) in [5.41, 5.74) is 0.291. The maximum atomic E-state index is 11.6. The maximum absolute atomic E-state index is 11.6. The average molecular weight is 269 g/mol. The molecule has 0 unspecified atom stereocenters. The smallest absolute Gasteiger partial charge is 0.336 e. The summed E-state index contributed by atoms with van der Waals surface area (Å²) in [6.45, 7) is 0. The Bertz CT molecular complexity index is 650. The first-order valence-corrected chi connectivity index (χ1v) is 5.85. The van der Waals surface area contributed by atoms with E-state index in [0.29, 0.717) is 11.3 Å². The fourth-order valence-corrected chi connectivity index (χ4v) is 1.59. The van der Waals surface area contributed by atoms with E-state index in [1.165, 1.54) is 12.1 Å². The van der Waals surface area contributed by atoms with E-state index in [2.05, 4.69) is 0 Å². The lowest BCUT2D eigenvalue weighted by molar-refractivity contribution is -0.385. The van der Waals surface area contributed by atoms with Crippen molar-refractivity contribution in [2.45, 2.75) is 0 Å². The molecule has 0 spiro atoms. The Morgan fingerprint density at radius 3 is 2.40 bits per heavy atom. The van der Waals surface area contributed by atoms with E-state index in [0.717, 1.165) is 6.08 Å². The first kappa shape index (κ1) is 13.5. The molecule has 5 heteroatoms. The van der Waals surface area contributed by atoms with E-state index in [9.17, 15) is 14.9 Å².